The monoisotopic (exact) mass is 276 g/mol. The van der Waals surface area contributed by atoms with Gasteiger partial charge in [-0.1, -0.05) is 44.2 Å². The van der Waals surface area contributed by atoms with Crippen molar-refractivity contribution in [3.05, 3.63) is 35.9 Å². The quantitative estimate of drug-likeness (QED) is 0.808. The molecule has 0 radical (unpaired) electrons. The molecule has 1 aliphatic heterocycles. The van der Waals surface area contributed by atoms with Crippen LogP contribution in [0.5, 0.6) is 0 Å². The molecular formula is C17H28N2O. The first-order chi connectivity index (χ1) is 9.60. The number of rotatable bonds is 6. The molecule has 1 aromatic carbocycles. The first kappa shape index (κ1) is 15.5. The molecule has 3 nitrogen and oxygen atoms in total. The van der Waals surface area contributed by atoms with Gasteiger partial charge in [0.05, 0.1) is 12.1 Å². The summed E-state index contributed by atoms with van der Waals surface area (Å²) in [5.74, 6) is 0.618. The highest BCUT2D eigenvalue weighted by Crippen LogP contribution is 2.24. The number of benzene rings is 1. The summed E-state index contributed by atoms with van der Waals surface area (Å²) in [4.78, 5) is 2.50. The predicted molar refractivity (Wildman–Crippen MR) is 83.9 cm³/mol. The van der Waals surface area contributed by atoms with Crippen molar-refractivity contribution in [2.24, 2.45) is 5.92 Å². The van der Waals surface area contributed by atoms with Crippen molar-refractivity contribution in [3.63, 3.8) is 0 Å². The number of ether oxygens (including phenoxy) is 1. The fourth-order valence-electron chi connectivity index (χ4n) is 2.77. The number of nitrogens with one attached hydrogen (secondary N) is 1. The Kier molecular flexibility index (Phi) is 5.58. The lowest BCUT2D eigenvalue weighted by atomic mass is 9.90. The molecule has 1 aromatic rings. The van der Waals surface area contributed by atoms with Gasteiger partial charge < -0.3 is 10.1 Å². The molecule has 0 aromatic heterocycles. The van der Waals surface area contributed by atoms with Gasteiger partial charge in [0.15, 0.2) is 0 Å². The Morgan fingerprint density at radius 3 is 2.75 bits per heavy atom. The van der Waals surface area contributed by atoms with Gasteiger partial charge in [-0.05, 0) is 18.4 Å². The minimum atomic E-state index is 0.0531. The Bertz CT molecular complexity index is 393. The molecule has 1 aliphatic rings. The fourth-order valence-corrected chi connectivity index (χ4v) is 2.77. The molecule has 112 valence electrons. The Hall–Kier alpha value is -0.900. The van der Waals surface area contributed by atoms with Crippen LogP contribution in [0.4, 0.5) is 0 Å². The van der Waals surface area contributed by atoms with Gasteiger partial charge in [0, 0.05) is 32.8 Å². The summed E-state index contributed by atoms with van der Waals surface area (Å²) in [6, 6.07) is 10.7. The number of hydrogen-bond donors (Lipinski definition) is 1. The van der Waals surface area contributed by atoms with E-state index in [-0.39, 0.29) is 5.54 Å². The van der Waals surface area contributed by atoms with Crippen molar-refractivity contribution in [2.75, 3.05) is 39.4 Å². The van der Waals surface area contributed by atoms with Crippen molar-refractivity contribution >= 4 is 0 Å². The van der Waals surface area contributed by atoms with E-state index in [1.807, 2.05) is 0 Å². The molecule has 0 aliphatic carbocycles. The third kappa shape index (κ3) is 4.30. The Morgan fingerprint density at radius 2 is 2.05 bits per heavy atom. The maximum absolute atomic E-state index is 5.71. The third-order valence-corrected chi connectivity index (χ3v) is 3.90. The van der Waals surface area contributed by atoms with Gasteiger partial charge in [-0.2, -0.15) is 0 Å². The van der Waals surface area contributed by atoms with Gasteiger partial charge in [0.1, 0.15) is 0 Å². The highest BCUT2D eigenvalue weighted by Gasteiger charge is 2.31. The van der Waals surface area contributed by atoms with Crippen LogP contribution in [-0.2, 0) is 10.3 Å². The molecule has 0 saturated carbocycles. The highest BCUT2D eigenvalue weighted by molar-refractivity contribution is 5.24. The lowest BCUT2D eigenvalue weighted by molar-refractivity contribution is 0.0642. The van der Waals surface area contributed by atoms with Gasteiger partial charge in [-0.25, -0.2) is 0 Å². The van der Waals surface area contributed by atoms with E-state index in [0.29, 0.717) is 5.92 Å². The smallest absolute Gasteiger partial charge is 0.0593 e. The van der Waals surface area contributed by atoms with Crippen LogP contribution in [-0.4, -0.2) is 44.3 Å². The second-order valence-electron chi connectivity index (χ2n) is 6.37. The van der Waals surface area contributed by atoms with E-state index in [9.17, 15) is 0 Å². The van der Waals surface area contributed by atoms with Crippen LogP contribution >= 0.6 is 0 Å². The maximum Gasteiger partial charge on any atom is 0.0593 e. The summed E-state index contributed by atoms with van der Waals surface area (Å²) >= 11 is 0. The Labute approximate surface area is 123 Å². The van der Waals surface area contributed by atoms with Gasteiger partial charge >= 0.3 is 0 Å². The molecule has 0 spiro atoms. The molecule has 0 bridgehead atoms. The summed E-state index contributed by atoms with van der Waals surface area (Å²) < 4.78 is 5.71. The predicted octanol–water partition coefficient (Wildman–Crippen LogP) is 2.48. The first-order valence-corrected chi connectivity index (χ1v) is 7.71. The van der Waals surface area contributed by atoms with Gasteiger partial charge in [0.25, 0.3) is 0 Å². The highest BCUT2D eigenvalue weighted by atomic mass is 16.5. The summed E-state index contributed by atoms with van der Waals surface area (Å²) in [6.45, 7) is 12.6. The first-order valence-electron chi connectivity index (χ1n) is 7.71. The van der Waals surface area contributed by atoms with Gasteiger partial charge in [-0.15, -0.1) is 0 Å². The van der Waals surface area contributed by atoms with Crippen LogP contribution in [0.3, 0.4) is 0 Å². The van der Waals surface area contributed by atoms with E-state index in [2.05, 4.69) is 61.3 Å². The van der Waals surface area contributed by atoms with Crippen molar-refractivity contribution in [1.82, 2.24) is 10.2 Å². The average molecular weight is 276 g/mol. The van der Waals surface area contributed by atoms with Crippen molar-refractivity contribution < 1.29 is 4.74 Å². The van der Waals surface area contributed by atoms with Crippen LogP contribution < -0.4 is 5.32 Å². The maximum atomic E-state index is 5.71. The molecule has 1 fully saturated rings. The normalized spacial score (nSPS) is 24.2. The van der Waals surface area contributed by atoms with E-state index < -0.39 is 0 Å². The van der Waals surface area contributed by atoms with Gasteiger partial charge in [0.2, 0.25) is 0 Å². The summed E-state index contributed by atoms with van der Waals surface area (Å²) in [5, 5.41) is 3.67. The molecule has 1 unspecified atom stereocenters. The molecule has 3 heteroatoms. The lowest BCUT2D eigenvalue weighted by Crippen LogP contribution is -2.57. The van der Waals surface area contributed by atoms with Crippen molar-refractivity contribution in [3.8, 4) is 0 Å². The van der Waals surface area contributed by atoms with Crippen LogP contribution in [0.1, 0.15) is 26.3 Å². The molecular weight excluding hydrogens is 248 g/mol. The molecule has 0 amide bonds. The molecule has 1 saturated heterocycles. The van der Waals surface area contributed by atoms with Crippen LogP contribution in [0.2, 0.25) is 0 Å². The standard InChI is InChI=1S/C17H28N2O/c1-15(2)13-20-12-11-19-10-9-18-17(3,14-19)16-7-5-4-6-8-16/h4-8,15,18H,9-14H2,1-3H3. The van der Waals surface area contributed by atoms with Crippen LogP contribution in [0, 0.1) is 5.92 Å². The minimum absolute atomic E-state index is 0.0531. The number of nitrogens with zero attached hydrogens (tertiary/aromatic N) is 1. The number of hydrogen-bond acceptors (Lipinski definition) is 3. The third-order valence-electron chi connectivity index (χ3n) is 3.90. The van der Waals surface area contributed by atoms with Crippen LogP contribution in [0.15, 0.2) is 30.3 Å². The molecule has 20 heavy (non-hydrogen) atoms. The summed E-state index contributed by atoms with van der Waals surface area (Å²) in [6.07, 6.45) is 0. The SMILES string of the molecule is CC(C)COCCN1CCNC(C)(c2ccccc2)C1. The minimum Gasteiger partial charge on any atom is -0.380 e. The zero-order chi connectivity index (χ0) is 14.4. The molecule has 2 rings (SSSR count). The second kappa shape index (κ2) is 7.21. The Balaban J connectivity index is 1.85. The molecule has 1 heterocycles. The van der Waals surface area contributed by atoms with Gasteiger partial charge in [-0.3, -0.25) is 4.90 Å². The summed E-state index contributed by atoms with van der Waals surface area (Å²) in [7, 11) is 0. The van der Waals surface area contributed by atoms with Crippen LogP contribution in [0.25, 0.3) is 0 Å². The zero-order valence-corrected chi connectivity index (χ0v) is 13.1. The Morgan fingerprint density at radius 1 is 1.30 bits per heavy atom. The van der Waals surface area contributed by atoms with Crippen molar-refractivity contribution in [1.29, 1.82) is 0 Å². The van der Waals surface area contributed by atoms with E-state index >= 15 is 0 Å². The lowest BCUT2D eigenvalue weighted by Gasteiger charge is -2.42. The zero-order valence-electron chi connectivity index (χ0n) is 13.1. The fraction of sp³-hybridized carbons (Fsp3) is 0.647. The second-order valence-corrected chi connectivity index (χ2v) is 6.37. The molecule has 1 N–H and O–H groups in total. The van der Waals surface area contributed by atoms with E-state index in [4.69, 9.17) is 4.74 Å². The molecule has 1 atom stereocenters. The average Bonchev–Trinajstić information content (AvgIpc) is 2.45. The van der Waals surface area contributed by atoms with E-state index in [1.165, 1.54) is 5.56 Å². The van der Waals surface area contributed by atoms with E-state index in [0.717, 1.165) is 39.4 Å². The van der Waals surface area contributed by atoms with Crippen molar-refractivity contribution in [2.45, 2.75) is 26.3 Å². The van der Waals surface area contributed by atoms with E-state index in [1.54, 1.807) is 0 Å². The summed E-state index contributed by atoms with van der Waals surface area (Å²) in [5.41, 5.74) is 1.42. The topological polar surface area (TPSA) is 24.5 Å². The number of piperazine rings is 1. The largest absolute Gasteiger partial charge is 0.380 e.